The van der Waals surface area contributed by atoms with E-state index in [1.54, 1.807) is 0 Å². The number of hydrogen-bond donors (Lipinski definition) is 1. The molecule has 0 heterocycles. The standard InChI is InChI=1S/C12H16N/c1-2-9-5-10(8-13)7-12(6-9)11-3-4-11/h5,7,11H,2-4,8,13H2,1H3. The fourth-order valence-corrected chi connectivity index (χ4v) is 1.65. The molecule has 0 saturated heterocycles. The highest BCUT2D eigenvalue weighted by Gasteiger charge is 2.24. The molecule has 13 heavy (non-hydrogen) atoms. The molecule has 0 bridgehead atoms. The summed E-state index contributed by atoms with van der Waals surface area (Å²) in [6.45, 7) is 2.82. The minimum atomic E-state index is 0.654. The Bertz CT molecular complexity index is 278. The second kappa shape index (κ2) is 3.51. The highest BCUT2D eigenvalue weighted by molar-refractivity contribution is 5.33. The van der Waals surface area contributed by atoms with Gasteiger partial charge in [-0.1, -0.05) is 19.1 Å². The van der Waals surface area contributed by atoms with E-state index in [2.05, 4.69) is 25.1 Å². The highest BCUT2D eigenvalue weighted by atomic mass is 14.5. The lowest BCUT2D eigenvalue weighted by atomic mass is 10.0. The lowest BCUT2D eigenvalue weighted by Gasteiger charge is -2.05. The van der Waals surface area contributed by atoms with Crippen LogP contribution in [0.15, 0.2) is 12.1 Å². The van der Waals surface area contributed by atoms with Gasteiger partial charge in [-0.15, -0.1) is 0 Å². The van der Waals surface area contributed by atoms with Crippen LogP contribution in [0.3, 0.4) is 0 Å². The molecule has 1 aromatic rings. The summed E-state index contributed by atoms with van der Waals surface area (Å²) < 4.78 is 0. The van der Waals surface area contributed by atoms with Gasteiger partial charge in [0.1, 0.15) is 0 Å². The topological polar surface area (TPSA) is 26.0 Å². The van der Waals surface area contributed by atoms with Crippen LogP contribution in [-0.4, -0.2) is 0 Å². The van der Waals surface area contributed by atoms with E-state index in [4.69, 9.17) is 5.73 Å². The zero-order chi connectivity index (χ0) is 9.26. The number of rotatable bonds is 3. The fraction of sp³-hybridized carbons (Fsp3) is 0.500. The molecule has 2 rings (SSSR count). The SMILES string of the molecule is CCc1[c]c(C2CC2)cc(CN)c1. The Hall–Kier alpha value is -0.820. The predicted octanol–water partition coefficient (Wildman–Crippen LogP) is 2.39. The molecule has 0 atom stereocenters. The summed E-state index contributed by atoms with van der Waals surface area (Å²) in [4.78, 5) is 0. The number of nitrogens with two attached hydrogens (primary N) is 1. The van der Waals surface area contributed by atoms with Crippen LogP contribution in [0.4, 0.5) is 0 Å². The van der Waals surface area contributed by atoms with E-state index >= 15 is 0 Å². The van der Waals surface area contributed by atoms with E-state index in [-0.39, 0.29) is 0 Å². The summed E-state index contributed by atoms with van der Waals surface area (Å²) in [6.07, 6.45) is 3.74. The molecule has 1 heteroatoms. The molecule has 2 N–H and O–H groups in total. The Morgan fingerprint density at radius 1 is 1.46 bits per heavy atom. The summed E-state index contributed by atoms with van der Waals surface area (Å²) in [6, 6.07) is 7.87. The van der Waals surface area contributed by atoms with E-state index in [1.165, 1.54) is 29.5 Å². The molecule has 1 radical (unpaired) electrons. The monoisotopic (exact) mass is 174 g/mol. The molecular weight excluding hydrogens is 158 g/mol. The number of benzene rings is 1. The summed E-state index contributed by atoms with van der Waals surface area (Å²) >= 11 is 0. The van der Waals surface area contributed by atoms with Crippen LogP contribution in [0.2, 0.25) is 0 Å². The van der Waals surface area contributed by atoms with Crippen molar-refractivity contribution in [2.45, 2.75) is 38.6 Å². The fourth-order valence-electron chi connectivity index (χ4n) is 1.65. The average Bonchev–Trinajstić information content (AvgIpc) is 3.00. The molecule has 0 unspecified atom stereocenters. The Morgan fingerprint density at radius 3 is 2.77 bits per heavy atom. The molecule has 1 fully saturated rings. The third-order valence-corrected chi connectivity index (χ3v) is 2.64. The maximum Gasteiger partial charge on any atom is 0.0178 e. The third kappa shape index (κ3) is 1.92. The molecule has 0 aliphatic heterocycles. The maximum atomic E-state index is 5.65. The van der Waals surface area contributed by atoms with Crippen LogP contribution in [0.1, 0.15) is 42.4 Å². The lowest BCUT2D eigenvalue weighted by molar-refractivity contribution is 1.01. The van der Waals surface area contributed by atoms with Crippen molar-refractivity contribution < 1.29 is 0 Å². The van der Waals surface area contributed by atoms with Gasteiger partial charge in [0.25, 0.3) is 0 Å². The van der Waals surface area contributed by atoms with Crippen LogP contribution in [-0.2, 0) is 13.0 Å². The van der Waals surface area contributed by atoms with Gasteiger partial charge in [-0.3, -0.25) is 0 Å². The van der Waals surface area contributed by atoms with Crippen molar-refractivity contribution in [3.8, 4) is 0 Å². The van der Waals surface area contributed by atoms with Crippen molar-refractivity contribution in [1.29, 1.82) is 0 Å². The predicted molar refractivity (Wildman–Crippen MR) is 54.5 cm³/mol. The van der Waals surface area contributed by atoms with Crippen molar-refractivity contribution in [2.24, 2.45) is 5.73 Å². The summed E-state index contributed by atoms with van der Waals surface area (Å²) in [7, 11) is 0. The van der Waals surface area contributed by atoms with Gasteiger partial charge < -0.3 is 5.73 Å². The van der Waals surface area contributed by atoms with Gasteiger partial charge >= 0.3 is 0 Å². The molecule has 1 nitrogen and oxygen atoms in total. The molecule has 1 aromatic carbocycles. The molecule has 1 aliphatic carbocycles. The van der Waals surface area contributed by atoms with Gasteiger partial charge in [0.2, 0.25) is 0 Å². The Balaban J connectivity index is 2.33. The van der Waals surface area contributed by atoms with Gasteiger partial charge in [0.15, 0.2) is 0 Å². The van der Waals surface area contributed by atoms with Crippen LogP contribution in [0.5, 0.6) is 0 Å². The van der Waals surface area contributed by atoms with Crippen molar-refractivity contribution in [2.75, 3.05) is 0 Å². The van der Waals surface area contributed by atoms with Gasteiger partial charge in [-0.2, -0.15) is 0 Å². The second-order valence-electron chi connectivity index (χ2n) is 3.80. The van der Waals surface area contributed by atoms with Crippen molar-refractivity contribution in [1.82, 2.24) is 0 Å². The normalized spacial score (nSPS) is 16.2. The maximum absolute atomic E-state index is 5.65. The summed E-state index contributed by atoms with van der Waals surface area (Å²) in [5, 5.41) is 0. The van der Waals surface area contributed by atoms with Crippen molar-refractivity contribution >= 4 is 0 Å². The van der Waals surface area contributed by atoms with E-state index < -0.39 is 0 Å². The van der Waals surface area contributed by atoms with Crippen LogP contribution in [0, 0.1) is 6.07 Å². The van der Waals surface area contributed by atoms with E-state index in [0.717, 1.165) is 12.3 Å². The average molecular weight is 174 g/mol. The number of aryl methyl sites for hydroxylation is 1. The third-order valence-electron chi connectivity index (χ3n) is 2.64. The lowest BCUT2D eigenvalue weighted by Crippen LogP contribution is -1.99. The van der Waals surface area contributed by atoms with E-state index in [1.807, 2.05) is 0 Å². The van der Waals surface area contributed by atoms with Gasteiger partial charge in [-0.25, -0.2) is 0 Å². The minimum Gasteiger partial charge on any atom is -0.326 e. The summed E-state index contributed by atoms with van der Waals surface area (Å²) in [5.74, 6) is 0.789. The second-order valence-corrected chi connectivity index (χ2v) is 3.80. The van der Waals surface area contributed by atoms with Gasteiger partial charge in [-0.05, 0) is 47.9 Å². The molecule has 1 saturated carbocycles. The number of hydrogen-bond acceptors (Lipinski definition) is 1. The van der Waals surface area contributed by atoms with E-state index in [9.17, 15) is 0 Å². The Kier molecular flexibility index (Phi) is 2.36. The first-order valence-electron chi connectivity index (χ1n) is 5.08. The van der Waals surface area contributed by atoms with Crippen molar-refractivity contribution in [3.05, 3.63) is 34.9 Å². The smallest absolute Gasteiger partial charge is 0.0178 e. The molecule has 1 aliphatic rings. The Labute approximate surface area is 80.0 Å². The minimum absolute atomic E-state index is 0.654. The first kappa shape index (κ1) is 8.76. The molecule has 0 aromatic heterocycles. The van der Waals surface area contributed by atoms with E-state index in [0.29, 0.717) is 6.54 Å². The summed E-state index contributed by atoms with van der Waals surface area (Å²) in [5.41, 5.74) is 9.61. The van der Waals surface area contributed by atoms with Gasteiger partial charge in [0, 0.05) is 6.54 Å². The zero-order valence-corrected chi connectivity index (χ0v) is 8.14. The first-order valence-corrected chi connectivity index (χ1v) is 5.08. The van der Waals surface area contributed by atoms with Crippen LogP contribution < -0.4 is 5.73 Å². The molecule has 0 amide bonds. The highest BCUT2D eigenvalue weighted by Crippen LogP contribution is 2.40. The van der Waals surface area contributed by atoms with Crippen LogP contribution in [0.25, 0.3) is 0 Å². The van der Waals surface area contributed by atoms with Gasteiger partial charge in [0.05, 0.1) is 0 Å². The first-order chi connectivity index (χ1) is 6.33. The molecular formula is C12H16N. The Morgan fingerprint density at radius 2 is 2.23 bits per heavy atom. The quantitative estimate of drug-likeness (QED) is 0.748. The molecule has 0 spiro atoms. The largest absolute Gasteiger partial charge is 0.326 e. The van der Waals surface area contributed by atoms with Crippen LogP contribution >= 0.6 is 0 Å². The van der Waals surface area contributed by atoms with Crippen molar-refractivity contribution in [3.63, 3.8) is 0 Å². The zero-order valence-electron chi connectivity index (χ0n) is 8.14. The molecule has 69 valence electrons.